The van der Waals surface area contributed by atoms with E-state index in [4.69, 9.17) is 11.6 Å². The number of hydrogen-bond donors (Lipinski definition) is 1. The van der Waals surface area contributed by atoms with Crippen LogP contribution in [0.15, 0.2) is 48.5 Å². The fourth-order valence-electron chi connectivity index (χ4n) is 2.88. The molecule has 0 aliphatic carbocycles. The van der Waals surface area contributed by atoms with Gasteiger partial charge in [-0.25, -0.2) is 0 Å². The quantitative estimate of drug-likeness (QED) is 0.922. The molecule has 0 aromatic heterocycles. The molecule has 0 spiro atoms. The second-order valence-electron chi connectivity index (χ2n) is 5.65. The molecule has 0 amide bonds. The highest BCUT2D eigenvalue weighted by atomic mass is 35.5. The fourth-order valence-corrected chi connectivity index (χ4v) is 3.12. The Labute approximate surface area is 131 Å². The summed E-state index contributed by atoms with van der Waals surface area (Å²) in [4.78, 5) is 2.47. The molecule has 21 heavy (non-hydrogen) atoms. The predicted molar refractivity (Wildman–Crippen MR) is 86.5 cm³/mol. The van der Waals surface area contributed by atoms with Gasteiger partial charge in [-0.05, 0) is 43.1 Å². The maximum atomic E-state index is 10.5. The first-order valence-electron chi connectivity index (χ1n) is 7.48. The molecule has 0 saturated carbocycles. The molecule has 0 radical (unpaired) electrons. The van der Waals surface area contributed by atoms with Crippen LogP contribution in [0.5, 0.6) is 0 Å². The lowest BCUT2D eigenvalue weighted by molar-refractivity contribution is 0.220. The molecule has 1 heterocycles. The van der Waals surface area contributed by atoms with Crippen molar-refractivity contribution < 1.29 is 5.11 Å². The minimum Gasteiger partial charge on any atom is -0.384 e. The molecule has 0 unspecified atom stereocenters. The van der Waals surface area contributed by atoms with Crippen molar-refractivity contribution in [2.75, 3.05) is 13.1 Å². The van der Waals surface area contributed by atoms with Crippen LogP contribution in [0, 0.1) is 0 Å². The van der Waals surface area contributed by atoms with Gasteiger partial charge in [0.1, 0.15) is 6.10 Å². The van der Waals surface area contributed by atoms with Gasteiger partial charge in [-0.15, -0.1) is 0 Å². The molecule has 1 aliphatic heterocycles. The van der Waals surface area contributed by atoms with Gasteiger partial charge < -0.3 is 5.11 Å². The topological polar surface area (TPSA) is 23.5 Å². The summed E-state index contributed by atoms with van der Waals surface area (Å²) >= 11 is 6.15. The van der Waals surface area contributed by atoms with Crippen molar-refractivity contribution in [3.8, 4) is 0 Å². The van der Waals surface area contributed by atoms with Crippen LogP contribution >= 0.6 is 11.6 Å². The first-order chi connectivity index (χ1) is 10.2. The molecular formula is C18H20ClNO. The lowest BCUT2D eigenvalue weighted by Gasteiger charge is -2.16. The van der Waals surface area contributed by atoms with Gasteiger partial charge in [-0.3, -0.25) is 4.90 Å². The van der Waals surface area contributed by atoms with Crippen LogP contribution in [-0.2, 0) is 6.54 Å². The zero-order chi connectivity index (χ0) is 14.7. The Balaban J connectivity index is 1.72. The highest BCUT2D eigenvalue weighted by Gasteiger charge is 2.14. The van der Waals surface area contributed by atoms with Crippen molar-refractivity contribution in [2.24, 2.45) is 0 Å². The van der Waals surface area contributed by atoms with Crippen LogP contribution in [0.2, 0.25) is 5.02 Å². The SMILES string of the molecule is O[C@@H](c1ccc(CN2CCCC2)cc1)c1ccccc1Cl. The van der Waals surface area contributed by atoms with Crippen molar-refractivity contribution in [2.45, 2.75) is 25.5 Å². The summed E-state index contributed by atoms with van der Waals surface area (Å²) in [7, 11) is 0. The molecule has 110 valence electrons. The zero-order valence-corrected chi connectivity index (χ0v) is 12.8. The maximum Gasteiger partial charge on any atom is 0.105 e. The summed E-state index contributed by atoms with van der Waals surface area (Å²) in [5.74, 6) is 0. The summed E-state index contributed by atoms with van der Waals surface area (Å²) in [6.07, 6.45) is 1.95. The third-order valence-electron chi connectivity index (χ3n) is 4.10. The Kier molecular flexibility index (Phi) is 4.59. The summed E-state index contributed by atoms with van der Waals surface area (Å²) in [6, 6.07) is 15.6. The van der Waals surface area contributed by atoms with Gasteiger partial charge in [0.2, 0.25) is 0 Å². The van der Waals surface area contributed by atoms with Gasteiger partial charge in [0, 0.05) is 17.1 Å². The van der Waals surface area contributed by atoms with Crippen LogP contribution in [0.4, 0.5) is 0 Å². The van der Waals surface area contributed by atoms with Crippen molar-refractivity contribution in [3.63, 3.8) is 0 Å². The molecular weight excluding hydrogens is 282 g/mol. The van der Waals surface area contributed by atoms with Crippen molar-refractivity contribution >= 4 is 11.6 Å². The number of rotatable bonds is 4. The third-order valence-corrected chi connectivity index (χ3v) is 4.44. The van der Waals surface area contributed by atoms with E-state index in [-0.39, 0.29) is 0 Å². The monoisotopic (exact) mass is 301 g/mol. The molecule has 3 rings (SSSR count). The van der Waals surface area contributed by atoms with Gasteiger partial charge in [0.25, 0.3) is 0 Å². The Morgan fingerprint density at radius 3 is 2.33 bits per heavy atom. The van der Waals surface area contributed by atoms with E-state index in [1.54, 1.807) is 0 Å². The van der Waals surface area contributed by atoms with Crippen LogP contribution in [0.25, 0.3) is 0 Å². The Morgan fingerprint density at radius 1 is 1.00 bits per heavy atom. The van der Waals surface area contributed by atoms with E-state index in [9.17, 15) is 5.11 Å². The van der Waals surface area contributed by atoms with Gasteiger partial charge in [0.15, 0.2) is 0 Å². The summed E-state index contributed by atoms with van der Waals surface area (Å²) < 4.78 is 0. The molecule has 1 fully saturated rings. The summed E-state index contributed by atoms with van der Waals surface area (Å²) in [6.45, 7) is 3.40. The second kappa shape index (κ2) is 6.61. The lowest BCUT2D eigenvalue weighted by Crippen LogP contribution is -2.18. The van der Waals surface area contributed by atoms with E-state index < -0.39 is 6.10 Å². The van der Waals surface area contributed by atoms with E-state index in [2.05, 4.69) is 17.0 Å². The first-order valence-corrected chi connectivity index (χ1v) is 7.85. The van der Waals surface area contributed by atoms with Crippen molar-refractivity contribution in [1.82, 2.24) is 4.90 Å². The summed E-state index contributed by atoms with van der Waals surface area (Å²) in [5.41, 5.74) is 2.94. The number of benzene rings is 2. The van der Waals surface area contributed by atoms with Crippen LogP contribution in [-0.4, -0.2) is 23.1 Å². The van der Waals surface area contributed by atoms with E-state index in [0.29, 0.717) is 5.02 Å². The molecule has 2 nitrogen and oxygen atoms in total. The summed E-state index contributed by atoms with van der Waals surface area (Å²) in [5, 5.41) is 11.1. The third kappa shape index (κ3) is 3.46. The number of aliphatic hydroxyl groups excluding tert-OH is 1. The zero-order valence-electron chi connectivity index (χ0n) is 12.0. The highest BCUT2D eigenvalue weighted by molar-refractivity contribution is 6.31. The smallest absolute Gasteiger partial charge is 0.105 e. The number of halogens is 1. The standard InChI is InChI=1S/C18H20ClNO/c19-17-6-2-1-5-16(17)18(21)15-9-7-14(8-10-15)13-20-11-3-4-12-20/h1-2,5-10,18,21H,3-4,11-13H2/t18-/m0/s1. The van der Waals surface area contributed by atoms with Gasteiger partial charge in [-0.2, -0.15) is 0 Å². The molecule has 1 aliphatic rings. The van der Waals surface area contributed by atoms with Crippen LogP contribution in [0.1, 0.15) is 35.6 Å². The Bertz CT molecular complexity index is 590. The molecule has 1 saturated heterocycles. The highest BCUT2D eigenvalue weighted by Crippen LogP contribution is 2.28. The molecule has 2 aromatic carbocycles. The normalized spacial score (nSPS) is 17.0. The molecule has 3 heteroatoms. The van der Waals surface area contributed by atoms with Crippen molar-refractivity contribution in [3.05, 3.63) is 70.2 Å². The van der Waals surface area contributed by atoms with Gasteiger partial charge in [-0.1, -0.05) is 54.1 Å². The number of hydrogen-bond acceptors (Lipinski definition) is 2. The van der Waals surface area contributed by atoms with Crippen LogP contribution < -0.4 is 0 Å². The fraction of sp³-hybridized carbons (Fsp3) is 0.333. The largest absolute Gasteiger partial charge is 0.384 e. The van der Waals surface area contributed by atoms with E-state index in [0.717, 1.165) is 17.7 Å². The predicted octanol–water partition coefficient (Wildman–Crippen LogP) is 4.02. The molecule has 1 N–H and O–H groups in total. The number of likely N-dealkylation sites (tertiary alicyclic amines) is 1. The number of nitrogens with zero attached hydrogens (tertiary/aromatic N) is 1. The van der Waals surface area contributed by atoms with E-state index >= 15 is 0 Å². The second-order valence-corrected chi connectivity index (χ2v) is 6.06. The molecule has 2 aromatic rings. The average Bonchev–Trinajstić information content (AvgIpc) is 3.01. The van der Waals surface area contributed by atoms with Gasteiger partial charge >= 0.3 is 0 Å². The Morgan fingerprint density at radius 2 is 1.67 bits per heavy atom. The first kappa shape index (κ1) is 14.6. The maximum absolute atomic E-state index is 10.5. The lowest BCUT2D eigenvalue weighted by atomic mass is 10.0. The molecule has 0 bridgehead atoms. The average molecular weight is 302 g/mol. The van der Waals surface area contributed by atoms with E-state index in [1.807, 2.05) is 36.4 Å². The Hall–Kier alpha value is -1.35. The number of aliphatic hydroxyl groups is 1. The van der Waals surface area contributed by atoms with E-state index in [1.165, 1.54) is 31.5 Å². The minimum atomic E-state index is -0.667. The minimum absolute atomic E-state index is 0.603. The van der Waals surface area contributed by atoms with Crippen LogP contribution in [0.3, 0.4) is 0 Å². The van der Waals surface area contributed by atoms with Gasteiger partial charge in [0.05, 0.1) is 0 Å². The van der Waals surface area contributed by atoms with Crippen molar-refractivity contribution in [1.29, 1.82) is 0 Å². The molecule has 1 atom stereocenters.